The Balaban J connectivity index is 1.95. The standard InChI is InChI=1S/C44H67N3O2/c1-38(2,3)26-41(10,11)31-22-29(37(49)35(23-31)47-45-33-19-17-18-20-34(33)46-47)21-30-24-44(16,43(14,15)28-40(7,8)9)25-32(36(30)48)42(12,13)27-39(4,5)6/h17-20,22-23,25,48-49H,21,24,26-28H2,1-16H3. The summed E-state index contributed by atoms with van der Waals surface area (Å²) < 4.78 is 0. The van der Waals surface area contributed by atoms with Gasteiger partial charge in [-0.3, -0.25) is 0 Å². The number of fused-ring (bicyclic) bond motifs is 1. The fourth-order valence-corrected chi connectivity index (χ4v) is 9.18. The third kappa shape index (κ3) is 8.81. The van der Waals surface area contributed by atoms with E-state index in [1.165, 1.54) is 0 Å². The van der Waals surface area contributed by atoms with E-state index in [4.69, 9.17) is 10.2 Å². The number of aromatic hydroxyl groups is 1. The lowest BCUT2D eigenvalue weighted by atomic mass is 9.55. The van der Waals surface area contributed by atoms with E-state index < -0.39 is 0 Å². The first-order chi connectivity index (χ1) is 22.0. The van der Waals surface area contributed by atoms with Crippen LogP contribution in [-0.4, -0.2) is 25.2 Å². The summed E-state index contributed by atoms with van der Waals surface area (Å²) in [6.07, 6.45) is 6.50. The average molecular weight is 670 g/mol. The van der Waals surface area contributed by atoms with Crippen LogP contribution < -0.4 is 0 Å². The molecule has 2 N–H and O–H groups in total. The van der Waals surface area contributed by atoms with Gasteiger partial charge in [0, 0.05) is 12.0 Å². The van der Waals surface area contributed by atoms with E-state index in [2.05, 4.69) is 129 Å². The molecule has 3 aromatic rings. The summed E-state index contributed by atoms with van der Waals surface area (Å²) in [5, 5.41) is 34.0. The Bertz CT molecular complexity index is 1710. The second-order valence-electron chi connectivity index (χ2n) is 21.1. The number of phenolic OH excluding ortho intramolecular Hbond substituents is 1. The molecule has 0 radical (unpaired) electrons. The maximum atomic E-state index is 12.3. The first kappa shape index (κ1) is 38.7. The Kier molecular flexibility index (Phi) is 9.96. The predicted octanol–water partition coefficient (Wildman–Crippen LogP) is 12.5. The molecule has 5 nitrogen and oxygen atoms in total. The van der Waals surface area contributed by atoms with E-state index in [1.807, 2.05) is 24.3 Å². The lowest BCUT2D eigenvalue weighted by molar-refractivity contribution is 0.0755. The molecule has 0 spiro atoms. The Morgan fingerprint density at radius 2 is 1.18 bits per heavy atom. The maximum Gasteiger partial charge on any atom is 0.146 e. The van der Waals surface area contributed by atoms with Crippen LogP contribution in [0.1, 0.15) is 148 Å². The summed E-state index contributed by atoms with van der Waals surface area (Å²) in [5.41, 5.74) is 5.68. The normalized spacial score (nSPS) is 18.7. The highest BCUT2D eigenvalue weighted by Gasteiger charge is 2.47. The zero-order valence-corrected chi connectivity index (χ0v) is 33.8. The third-order valence-electron chi connectivity index (χ3n) is 10.7. The van der Waals surface area contributed by atoms with Gasteiger partial charge in [-0.2, -0.15) is 0 Å². The van der Waals surface area contributed by atoms with Crippen LogP contribution in [-0.2, 0) is 11.8 Å². The molecule has 1 unspecified atom stereocenters. The molecule has 5 heteroatoms. The third-order valence-corrected chi connectivity index (χ3v) is 10.7. The predicted molar refractivity (Wildman–Crippen MR) is 207 cm³/mol. The monoisotopic (exact) mass is 670 g/mol. The largest absolute Gasteiger partial charge is 0.508 e. The van der Waals surface area contributed by atoms with E-state index in [9.17, 15) is 10.2 Å². The van der Waals surface area contributed by atoms with Crippen molar-refractivity contribution in [1.82, 2.24) is 15.0 Å². The molecule has 1 atom stereocenters. The average Bonchev–Trinajstić information content (AvgIpc) is 3.31. The van der Waals surface area contributed by atoms with Gasteiger partial charge in [-0.25, -0.2) is 0 Å². The van der Waals surface area contributed by atoms with E-state index in [-0.39, 0.29) is 43.7 Å². The van der Waals surface area contributed by atoms with Crippen LogP contribution in [0.4, 0.5) is 0 Å². The molecule has 0 saturated heterocycles. The molecule has 0 aliphatic heterocycles. The summed E-state index contributed by atoms with van der Waals surface area (Å²) in [6, 6.07) is 12.0. The molecule has 1 aromatic heterocycles. The van der Waals surface area contributed by atoms with Gasteiger partial charge in [-0.1, -0.05) is 135 Å². The van der Waals surface area contributed by atoms with Crippen molar-refractivity contribution < 1.29 is 10.2 Å². The van der Waals surface area contributed by atoms with E-state index in [0.29, 0.717) is 24.3 Å². The number of phenols is 1. The first-order valence-corrected chi connectivity index (χ1v) is 18.4. The van der Waals surface area contributed by atoms with Gasteiger partial charge in [0.2, 0.25) is 0 Å². The first-order valence-electron chi connectivity index (χ1n) is 18.4. The number of benzene rings is 2. The number of hydrogen-bond donors (Lipinski definition) is 2. The molecular formula is C44H67N3O2. The van der Waals surface area contributed by atoms with Crippen molar-refractivity contribution in [2.75, 3.05) is 0 Å². The summed E-state index contributed by atoms with van der Waals surface area (Å²) >= 11 is 0. The molecule has 270 valence electrons. The Hall–Kier alpha value is -3.08. The van der Waals surface area contributed by atoms with Crippen molar-refractivity contribution in [2.45, 2.75) is 148 Å². The van der Waals surface area contributed by atoms with Gasteiger partial charge in [0.05, 0.1) is 0 Å². The number of nitrogens with zero attached hydrogens (tertiary/aromatic N) is 3. The van der Waals surface area contributed by atoms with Crippen molar-refractivity contribution in [3.05, 3.63) is 70.5 Å². The van der Waals surface area contributed by atoms with Crippen molar-refractivity contribution in [3.63, 3.8) is 0 Å². The van der Waals surface area contributed by atoms with Crippen LogP contribution in [0, 0.1) is 32.5 Å². The zero-order chi connectivity index (χ0) is 37.2. The Labute approximate surface area is 298 Å². The minimum atomic E-state index is -0.254. The van der Waals surface area contributed by atoms with Crippen LogP contribution in [0.5, 0.6) is 5.75 Å². The number of aromatic nitrogens is 3. The van der Waals surface area contributed by atoms with Crippen LogP contribution in [0.3, 0.4) is 0 Å². The Morgan fingerprint density at radius 1 is 0.694 bits per heavy atom. The highest BCUT2D eigenvalue weighted by molar-refractivity contribution is 5.74. The minimum absolute atomic E-state index is 0.0525. The Morgan fingerprint density at radius 3 is 1.67 bits per heavy atom. The summed E-state index contributed by atoms with van der Waals surface area (Å²) in [4.78, 5) is 1.59. The fourth-order valence-electron chi connectivity index (χ4n) is 9.18. The molecular weight excluding hydrogens is 603 g/mol. The number of hydrogen-bond acceptors (Lipinski definition) is 4. The number of allylic oxidation sites excluding steroid dienone is 3. The fraction of sp³-hybridized carbons (Fsp3) is 0.636. The van der Waals surface area contributed by atoms with Gasteiger partial charge in [0.25, 0.3) is 0 Å². The van der Waals surface area contributed by atoms with E-state index in [0.717, 1.165) is 52.6 Å². The molecule has 1 aliphatic carbocycles. The lowest BCUT2D eigenvalue weighted by Gasteiger charge is -2.50. The molecule has 0 bridgehead atoms. The lowest BCUT2D eigenvalue weighted by Crippen LogP contribution is -2.40. The van der Waals surface area contributed by atoms with Gasteiger partial charge < -0.3 is 10.2 Å². The van der Waals surface area contributed by atoms with Crippen LogP contribution in [0.15, 0.2) is 59.4 Å². The smallest absolute Gasteiger partial charge is 0.146 e. The second-order valence-corrected chi connectivity index (χ2v) is 21.1. The summed E-state index contributed by atoms with van der Waals surface area (Å²) in [5.74, 6) is 0.554. The zero-order valence-electron chi connectivity index (χ0n) is 33.8. The van der Waals surface area contributed by atoms with Crippen LogP contribution >= 0.6 is 0 Å². The van der Waals surface area contributed by atoms with Gasteiger partial charge in [0.15, 0.2) is 0 Å². The molecule has 2 aromatic carbocycles. The highest BCUT2D eigenvalue weighted by Crippen LogP contribution is 2.57. The van der Waals surface area contributed by atoms with Crippen molar-refractivity contribution >= 4 is 11.0 Å². The molecule has 1 aliphatic rings. The van der Waals surface area contributed by atoms with Gasteiger partial charge in [0.1, 0.15) is 28.2 Å². The SMILES string of the molecule is CC(C)(C)CC(C)(C)C1=CC(C)(C(C)(C)CC(C)(C)C)CC(Cc2cc(C(C)(C)CC(C)(C)C)cc(-n3nc4ccccc4n3)c2O)=C1O. The number of aliphatic hydroxyl groups excluding tert-OH is 1. The van der Waals surface area contributed by atoms with Gasteiger partial charge in [-0.15, -0.1) is 15.0 Å². The molecule has 49 heavy (non-hydrogen) atoms. The van der Waals surface area contributed by atoms with Crippen LogP contribution in [0.25, 0.3) is 16.7 Å². The molecule has 4 rings (SSSR count). The van der Waals surface area contributed by atoms with Crippen molar-refractivity contribution in [2.24, 2.45) is 32.5 Å². The topological polar surface area (TPSA) is 71.2 Å². The second kappa shape index (κ2) is 12.6. The van der Waals surface area contributed by atoms with Crippen molar-refractivity contribution in [1.29, 1.82) is 0 Å². The van der Waals surface area contributed by atoms with E-state index in [1.54, 1.807) is 4.80 Å². The summed E-state index contributed by atoms with van der Waals surface area (Å²) in [7, 11) is 0. The number of aliphatic hydroxyl groups is 1. The quantitative estimate of drug-likeness (QED) is 0.238. The van der Waals surface area contributed by atoms with E-state index >= 15 is 0 Å². The minimum Gasteiger partial charge on any atom is -0.508 e. The highest BCUT2D eigenvalue weighted by atomic mass is 16.3. The molecule has 1 heterocycles. The van der Waals surface area contributed by atoms with Crippen LogP contribution in [0.2, 0.25) is 0 Å². The van der Waals surface area contributed by atoms with Gasteiger partial charge >= 0.3 is 0 Å². The molecule has 0 fully saturated rings. The molecule has 0 saturated carbocycles. The van der Waals surface area contributed by atoms with Crippen molar-refractivity contribution in [3.8, 4) is 11.4 Å². The van der Waals surface area contributed by atoms with Gasteiger partial charge in [-0.05, 0) is 98.5 Å². The maximum absolute atomic E-state index is 12.3. The summed E-state index contributed by atoms with van der Waals surface area (Å²) in [6.45, 7) is 36.9. The number of rotatable bonds is 9. The molecule has 0 amide bonds.